The Labute approximate surface area is 131 Å². The van der Waals surface area contributed by atoms with Gasteiger partial charge in [0.2, 0.25) is 5.91 Å². The molecule has 0 aliphatic rings. The van der Waals surface area contributed by atoms with Crippen LogP contribution in [-0.2, 0) is 4.79 Å². The van der Waals surface area contributed by atoms with Gasteiger partial charge in [0.1, 0.15) is 0 Å². The Kier molecular flexibility index (Phi) is 5.69. The molecule has 2 N–H and O–H groups in total. The third-order valence-electron chi connectivity index (χ3n) is 3.42. The number of nitrogens with zero attached hydrogens (tertiary/aromatic N) is 1. The lowest BCUT2D eigenvalue weighted by atomic mass is 10.1. The third-order valence-corrected chi connectivity index (χ3v) is 3.42. The number of aryl methyl sites for hydroxylation is 1. The second-order valence-corrected chi connectivity index (χ2v) is 5.54. The Morgan fingerprint density at radius 2 is 1.77 bits per heavy atom. The molecular weight excluding hydrogens is 276 g/mol. The van der Waals surface area contributed by atoms with E-state index in [-0.39, 0.29) is 12.5 Å². The second-order valence-electron chi connectivity index (χ2n) is 5.54. The number of carbonyl (C=O) groups is 1. The van der Waals surface area contributed by atoms with Crippen molar-refractivity contribution < 1.29 is 9.90 Å². The van der Waals surface area contributed by atoms with Gasteiger partial charge in [-0.2, -0.15) is 0 Å². The highest BCUT2D eigenvalue weighted by atomic mass is 16.3. The van der Waals surface area contributed by atoms with Crippen LogP contribution in [0.5, 0.6) is 0 Å². The van der Waals surface area contributed by atoms with Crippen molar-refractivity contribution in [1.29, 1.82) is 0 Å². The zero-order valence-electron chi connectivity index (χ0n) is 13.0. The van der Waals surface area contributed by atoms with Crippen LogP contribution in [-0.4, -0.2) is 36.1 Å². The summed E-state index contributed by atoms with van der Waals surface area (Å²) in [6.45, 7) is 2.65. The van der Waals surface area contributed by atoms with Crippen molar-refractivity contribution in [1.82, 2.24) is 4.90 Å². The largest absolute Gasteiger partial charge is 0.387 e. The van der Waals surface area contributed by atoms with E-state index in [1.165, 1.54) is 0 Å². The van der Waals surface area contributed by atoms with Crippen molar-refractivity contribution in [2.24, 2.45) is 0 Å². The summed E-state index contributed by atoms with van der Waals surface area (Å²) < 4.78 is 0. The van der Waals surface area contributed by atoms with E-state index < -0.39 is 6.10 Å². The van der Waals surface area contributed by atoms with Crippen molar-refractivity contribution in [2.45, 2.75) is 13.0 Å². The first-order valence-electron chi connectivity index (χ1n) is 7.32. The zero-order chi connectivity index (χ0) is 15.9. The molecule has 1 atom stereocenters. The minimum atomic E-state index is -0.602. The highest BCUT2D eigenvalue weighted by molar-refractivity contribution is 5.92. The number of rotatable bonds is 6. The van der Waals surface area contributed by atoms with E-state index in [0.717, 1.165) is 16.8 Å². The summed E-state index contributed by atoms with van der Waals surface area (Å²) in [6, 6.07) is 17.1. The van der Waals surface area contributed by atoms with E-state index in [2.05, 4.69) is 5.32 Å². The number of para-hydroxylation sites is 1. The lowest BCUT2D eigenvalue weighted by Crippen LogP contribution is -2.33. The predicted octanol–water partition coefficient (Wildman–Crippen LogP) is 2.60. The van der Waals surface area contributed by atoms with Gasteiger partial charge >= 0.3 is 0 Å². The second kappa shape index (κ2) is 7.73. The number of aliphatic hydroxyl groups excluding tert-OH is 1. The highest BCUT2D eigenvalue weighted by Crippen LogP contribution is 2.14. The van der Waals surface area contributed by atoms with E-state index in [4.69, 9.17) is 0 Å². The molecule has 2 aromatic rings. The Balaban J connectivity index is 1.83. The van der Waals surface area contributed by atoms with Gasteiger partial charge in [0.15, 0.2) is 0 Å². The number of carbonyl (C=O) groups excluding carboxylic acids is 1. The summed E-state index contributed by atoms with van der Waals surface area (Å²) in [5.74, 6) is -0.0928. The van der Waals surface area contributed by atoms with E-state index >= 15 is 0 Å². The summed E-state index contributed by atoms with van der Waals surface area (Å²) in [7, 11) is 1.82. The topological polar surface area (TPSA) is 52.6 Å². The monoisotopic (exact) mass is 298 g/mol. The molecular formula is C18H22N2O2. The van der Waals surface area contributed by atoms with E-state index in [9.17, 15) is 9.90 Å². The van der Waals surface area contributed by atoms with Gasteiger partial charge in [0, 0.05) is 12.2 Å². The van der Waals surface area contributed by atoms with Crippen molar-refractivity contribution in [3.8, 4) is 0 Å². The first-order chi connectivity index (χ1) is 10.5. The minimum Gasteiger partial charge on any atom is -0.387 e. The van der Waals surface area contributed by atoms with Gasteiger partial charge in [-0.05, 0) is 31.7 Å². The molecule has 2 rings (SSSR count). The Bertz CT molecular complexity index is 596. The molecule has 0 spiro atoms. The van der Waals surface area contributed by atoms with E-state index in [1.807, 2.05) is 73.5 Å². The summed E-state index contributed by atoms with van der Waals surface area (Å²) in [5.41, 5.74) is 2.80. The van der Waals surface area contributed by atoms with E-state index in [1.54, 1.807) is 0 Å². The zero-order valence-corrected chi connectivity index (χ0v) is 13.0. The number of hydrogen-bond donors (Lipinski definition) is 2. The predicted molar refractivity (Wildman–Crippen MR) is 88.7 cm³/mol. The maximum atomic E-state index is 12.0. The van der Waals surface area contributed by atoms with Crippen molar-refractivity contribution in [3.05, 3.63) is 65.7 Å². The molecule has 1 amide bonds. The maximum absolute atomic E-state index is 12.0. The summed E-state index contributed by atoms with van der Waals surface area (Å²) >= 11 is 0. The number of aliphatic hydroxyl groups is 1. The maximum Gasteiger partial charge on any atom is 0.238 e. The molecule has 4 heteroatoms. The molecule has 0 fully saturated rings. The number of likely N-dealkylation sites (N-methyl/N-ethyl adjacent to an activating group) is 1. The van der Waals surface area contributed by atoms with Gasteiger partial charge in [-0.1, -0.05) is 48.0 Å². The van der Waals surface area contributed by atoms with Crippen molar-refractivity contribution >= 4 is 11.6 Å². The normalized spacial score (nSPS) is 12.2. The quantitative estimate of drug-likeness (QED) is 0.862. The molecule has 2 aromatic carbocycles. The van der Waals surface area contributed by atoms with Gasteiger partial charge in [-0.15, -0.1) is 0 Å². The standard InChI is InChI=1S/C18H22N2O2/c1-14-8-10-15(11-9-14)17(21)12-20(2)13-18(22)19-16-6-4-3-5-7-16/h3-11,17,21H,12-13H2,1-2H3,(H,19,22). The molecule has 116 valence electrons. The molecule has 0 saturated carbocycles. The average Bonchev–Trinajstić information content (AvgIpc) is 2.48. The molecule has 0 bridgehead atoms. The Morgan fingerprint density at radius 1 is 1.14 bits per heavy atom. The molecule has 0 aliphatic heterocycles. The molecule has 0 heterocycles. The van der Waals surface area contributed by atoms with Crippen LogP contribution in [0, 0.1) is 6.92 Å². The highest BCUT2D eigenvalue weighted by Gasteiger charge is 2.13. The summed E-state index contributed by atoms with van der Waals surface area (Å²) in [5, 5.41) is 13.0. The number of anilines is 1. The molecule has 22 heavy (non-hydrogen) atoms. The van der Waals surface area contributed by atoms with Gasteiger partial charge < -0.3 is 10.4 Å². The number of benzene rings is 2. The lowest BCUT2D eigenvalue weighted by molar-refractivity contribution is -0.117. The molecule has 0 radical (unpaired) electrons. The van der Waals surface area contributed by atoms with Gasteiger partial charge in [0.05, 0.1) is 12.6 Å². The fourth-order valence-electron chi connectivity index (χ4n) is 2.22. The van der Waals surface area contributed by atoms with Crippen molar-refractivity contribution in [2.75, 3.05) is 25.5 Å². The smallest absolute Gasteiger partial charge is 0.238 e. The Morgan fingerprint density at radius 3 is 2.41 bits per heavy atom. The van der Waals surface area contributed by atoms with Crippen LogP contribution in [0.4, 0.5) is 5.69 Å². The van der Waals surface area contributed by atoms with Crippen LogP contribution in [0.15, 0.2) is 54.6 Å². The Hall–Kier alpha value is -2.17. The number of amides is 1. The van der Waals surface area contributed by atoms with E-state index in [0.29, 0.717) is 6.54 Å². The number of nitrogens with one attached hydrogen (secondary N) is 1. The van der Waals surface area contributed by atoms with Crippen LogP contribution >= 0.6 is 0 Å². The lowest BCUT2D eigenvalue weighted by Gasteiger charge is -2.20. The average molecular weight is 298 g/mol. The van der Waals surface area contributed by atoms with Gasteiger partial charge in [-0.25, -0.2) is 0 Å². The van der Waals surface area contributed by atoms with Crippen LogP contribution in [0.3, 0.4) is 0 Å². The van der Waals surface area contributed by atoms with Gasteiger partial charge in [-0.3, -0.25) is 9.69 Å². The van der Waals surface area contributed by atoms with Gasteiger partial charge in [0.25, 0.3) is 0 Å². The fraction of sp³-hybridized carbons (Fsp3) is 0.278. The number of hydrogen-bond acceptors (Lipinski definition) is 3. The molecule has 0 aliphatic carbocycles. The molecule has 1 unspecified atom stereocenters. The fourth-order valence-corrected chi connectivity index (χ4v) is 2.22. The third kappa shape index (κ3) is 4.98. The molecule has 4 nitrogen and oxygen atoms in total. The summed E-state index contributed by atoms with van der Waals surface area (Å²) in [6.07, 6.45) is -0.602. The molecule has 0 aromatic heterocycles. The first kappa shape index (κ1) is 16.2. The van der Waals surface area contributed by atoms with Crippen LogP contribution in [0.1, 0.15) is 17.2 Å². The summed E-state index contributed by atoms with van der Waals surface area (Å²) in [4.78, 5) is 13.8. The SMILES string of the molecule is Cc1ccc(C(O)CN(C)CC(=O)Nc2ccccc2)cc1. The molecule has 0 saturated heterocycles. The van der Waals surface area contributed by atoms with Crippen LogP contribution in [0.25, 0.3) is 0 Å². The van der Waals surface area contributed by atoms with Crippen LogP contribution in [0.2, 0.25) is 0 Å². The van der Waals surface area contributed by atoms with Crippen LogP contribution < -0.4 is 5.32 Å². The van der Waals surface area contributed by atoms with Crippen molar-refractivity contribution in [3.63, 3.8) is 0 Å². The minimum absolute atomic E-state index is 0.0928. The first-order valence-corrected chi connectivity index (χ1v) is 7.32.